The van der Waals surface area contributed by atoms with E-state index in [0.717, 1.165) is 5.56 Å². The van der Waals surface area contributed by atoms with Gasteiger partial charge in [0, 0.05) is 37.7 Å². The number of carbonyl (C=O) groups is 2. The van der Waals surface area contributed by atoms with Gasteiger partial charge in [-0.05, 0) is 43.7 Å². The number of aryl methyl sites for hydroxylation is 1. The number of nitrogens with zero attached hydrogens (tertiary/aromatic N) is 3. The van der Waals surface area contributed by atoms with Crippen molar-refractivity contribution < 1.29 is 22.7 Å². The molecule has 2 amide bonds. The zero-order chi connectivity index (χ0) is 24.0. The van der Waals surface area contributed by atoms with Crippen LogP contribution >= 0.6 is 11.6 Å². The fraction of sp³-hybridized carbons (Fsp3) is 0.391. The summed E-state index contributed by atoms with van der Waals surface area (Å²) in [6.07, 6.45) is -0.408. The summed E-state index contributed by atoms with van der Waals surface area (Å²) >= 11 is 6.08. The summed E-state index contributed by atoms with van der Waals surface area (Å²) in [5.41, 5.74) is 1.61. The first-order chi connectivity index (χ1) is 15.7. The summed E-state index contributed by atoms with van der Waals surface area (Å²) in [7, 11) is -3.94. The van der Waals surface area contributed by atoms with Crippen molar-refractivity contribution in [2.24, 2.45) is 0 Å². The molecule has 1 saturated heterocycles. The van der Waals surface area contributed by atoms with E-state index in [1.807, 2.05) is 6.92 Å². The minimum absolute atomic E-state index is 0.00526. The highest BCUT2D eigenvalue weighted by Crippen LogP contribution is 2.21. The van der Waals surface area contributed by atoms with Crippen molar-refractivity contribution in [3.8, 4) is 0 Å². The Bertz CT molecular complexity index is 1080. The Morgan fingerprint density at radius 3 is 2.27 bits per heavy atom. The lowest BCUT2D eigenvalue weighted by Crippen LogP contribution is -2.53. The molecule has 1 aliphatic heterocycles. The maximum Gasteiger partial charge on any atom is 0.409 e. The molecule has 0 atom stereocenters. The van der Waals surface area contributed by atoms with Crippen LogP contribution in [0.15, 0.2) is 53.4 Å². The van der Waals surface area contributed by atoms with Crippen LogP contribution in [0.3, 0.4) is 0 Å². The fourth-order valence-corrected chi connectivity index (χ4v) is 5.12. The Labute approximate surface area is 199 Å². The summed E-state index contributed by atoms with van der Waals surface area (Å²) in [6, 6.07) is 13.4. The van der Waals surface area contributed by atoms with Gasteiger partial charge in [0.05, 0.1) is 18.0 Å². The first-order valence-corrected chi connectivity index (χ1v) is 12.5. The van der Waals surface area contributed by atoms with Crippen molar-refractivity contribution in [3.63, 3.8) is 0 Å². The monoisotopic (exact) mass is 493 g/mol. The Kier molecular flexibility index (Phi) is 8.34. The lowest BCUT2D eigenvalue weighted by atomic mass is 10.2. The number of amides is 2. The SMILES string of the molecule is CCOC(=O)N1CCN(C(=O)CN(Cc2cccc(Cl)c2)S(=O)(=O)c2ccc(C)cc2)CC1. The number of halogens is 1. The average molecular weight is 494 g/mol. The molecular weight excluding hydrogens is 466 g/mol. The van der Waals surface area contributed by atoms with Crippen molar-refractivity contribution in [1.82, 2.24) is 14.1 Å². The molecule has 0 N–H and O–H groups in total. The highest BCUT2D eigenvalue weighted by Gasteiger charge is 2.31. The Hall–Kier alpha value is -2.62. The number of hydrogen-bond acceptors (Lipinski definition) is 5. The van der Waals surface area contributed by atoms with Gasteiger partial charge < -0.3 is 14.5 Å². The third kappa shape index (κ3) is 6.46. The van der Waals surface area contributed by atoms with Crippen molar-refractivity contribution in [2.75, 3.05) is 39.3 Å². The van der Waals surface area contributed by atoms with Gasteiger partial charge in [-0.2, -0.15) is 4.31 Å². The minimum atomic E-state index is -3.94. The molecule has 0 aliphatic carbocycles. The molecule has 2 aromatic carbocycles. The van der Waals surface area contributed by atoms with Crippen LogP contribution in [0.25, 0.3) is 0 Å². The van der Waals surface area contributed by atoms with E-state index >= 15 is 0 Å². The Morgan fingerprint density at radius 1 is 1.03 bits per heavy atom. The van der Waals surface area contributed by atoms with E-state index in [1.165, 1.54) is 16.4 Å². The molecule has 0 bridgehead atoms. The molecule has 0 saturated carbocycles. The summed E-state index contributed by atoms with van der Waals surface area (Å²) < 4.78 is 33.0. The van der Waals surface area contributed by atoms with Crippen LogP contribution in [0, 0.1) is 6.92 Å². The molecule has 1 aliphatic rings. The number of ether oxygens (including phenoxy) is 1. The molecule has 10 heteroatoms. The van der Waals surface area contributed by atoms with E-state index in [2.05, 4.69) is 0 Å². The predicted molar refractivity (Wildman–Crippen MR) is 125 cm³/mol. The van der Waals surface area contributed by atoms with Gasteiger partial charge in [-0.25, -0.2) is 13.2 Å². The topological polar surface area (TPSA) is 87.2 Å². The number of carbonyl (C=O) groups excluding carboxylic acids is 2. The van der Waals surface area contributed by atoms with Gasteiger partial charge >= 0.3 is 6.09 Å². The summed E-state index contributed by atoms with van der Waals surface area (Å²) in [4.78, 5) is 28.2. The zero-order valence-corrected chi connectivity index (χ0v) is 20.3. The summed E-state index contributed by atoms with van der Waals surface area (Å²) in [6.45, 7) is 4.88. The minimum Gasteiger partial charge on any atom is -0.450 e. The van der Waals surface area contributed by atoms with Crippen LogP contribution in [-0.2, 0) is 26.1 Å². The number of hydrogen-bond donors (Lipinski definition) is 0. The van der Waals surface area contributed by atoms with Gasteiger partial charge in [0.15, 0.2) is 0 Å². The van der Waals surface area contributed by atoms with E-state index in [4.69, 9.17) is 16.3 Å². The zero-order valence-electron chi connectivity index (χ0n) is 18.7. The second-order valence-corrected chi connectivity index (χ2v) is 10.2. The van der Waals surface area contributed by atoms with E-state index in [9.17, 15) is 18.0 Å². The molecule has 2 aromatic rings. The van der Waals surface area contributed by atoms with Crippen molar-refractivity contribution in [3.05, 3.63) is 64.7 Å². The lowest BCUT2D eigenvalue weighted by molar-refractivity contribution is -0.133. The first kappa shape index (κ1) is 25.0. The van der Waals surface area contributed by atoms with E-state index < -0.39 is 16.1 Å². The second-order valence-electron chi connectivity index (χ2n) is 7.78. The standard InChI is InChI=1S/C23H28ClN3O5S/c1-3-32-23(29)26-13-11-25(12-14-26)22(28)17-27(16-19-5-4-6-20(24)15-19)33(30,31)21-9-7-18(2)8-10-21/h4-10,15H,3,11-14,16-17H2,1-2H3. The number of piperazine rings is 1. The molecule has 0 unspecified atom stereocenters. The number of rotatable bonds is 7. The Balaban J connectivity index is 1.77. The third-order valence-electron chi connectivity index (χ3n) is 5.38. The highest BCUT2D eigenvalue weighted by atomic mass is 35.5. The summed E-state index contributed by atoms with van der Waals surface area (Å²) in [5, 5.41) is 0.488. The largest absolute Gasteiger partial charge is 0.450 e. The molecule has 0 spiro atoms. The third-order valence-corrected chi connectivity index (χ3v) is 7.42. The molecule has 0 radical (unpaired) electrons. The van der Waals surface area contributed by atoms with Crippen molar-refractivity contribution in [2.45, 2.75) is 25.3 Å². The van der Waals surface area contributed by atoms with Crippen LogP contribution < -0.4 is 0 Å². The van der Waals surface area contributed by atoms with Crippen LogP contribution in [0.1, 0.15) is 18.1 Å². The average Bonchev–Trinajstić information content (AvgIpc) is 2.79. The number of benzene rings is 2. The molecule has 33 heavy (non-hydrogen) atoms. The molecular formula is C23H28ClN3O5S. The summed E-state index contributed by atoms with van der Waals surface area (Å²) in [5.74, 6) is -0.323. The van der Waals surface area contributed by atoms with Gasteiger partial charge in [-0.15, -0.1) is 0 Å². The normalized spacial score (nSPS) is 14.4. The van der Waals surface area contributed by atoms with E-state index in [1.54, 1.807) is 53.1 Å². The van der Waals surface area contributed by atoms with Gasteiger partial charge in [-0.1, -0.05) is 41.4 Å². The van der Waals surface area contributed by atoms with Gasteiger partial charge in [0.2, 0.25) is 15.9 Å². The molecule has 8 nitrogen and oxygen atoms in total. The smallest absolute Gasteiger partial charge is 0.409 e. The highest BCUT2D eigenvalue weighted by molar-refractivity contribution is 7.89. The van der Waals surface area contributed by atoms with Gasteiger partial charge in [0.25, 0.3) is 0 Å². The quantitative estimate of drug-likeness (QED) is 0.591. The maximum absolute atomic E-state index is 13.4. The number of sulfonamides is 1. The molecule has 1 heterocycles. The van der Waals surface area contributed by atoms with Crippen LogP contribution in [0.4, 0.5) is 4.79 Å². The molecule has 178 valence electrons. The van der Waals surface area contributed by atoms with Gasteiger partial charge in [-0.3, -0.25) is 4.79 Å². The molecule has 0 aromatic heterocycles. The van der Waals surface area contributed by atoms with Crippen LogP contribution in [0.5, 0.6) is 0 Å². The molecule has 1 fully saturated rings. The van der Waals surface area contributed by atoms with Crippen molar-refractivity contribution in [1.29, 1.82) is 0 Å². The van der Waals surface area contributed by atoms with Gasteiger partial charge in [0.1, 0.15) is 0 Å². The predicted octanol–water partition coefficient (Wildman–Crippen LogP) is 3.14. The lowest BCUT2D eigenvalue weighted by Gasteiger charge is -2.35. The maximum atomic E-state index is 13.4. The Morgan fingerprint density at radius 2 is 1.67 bits per heavy atom. The second kappa shape index (κ2) is 11.0. The van der Waals surface area contributed by atoms with E-state index in [0.29, 0.717) is 36.8 Å². The van der Waals surface area contributed by atoms with Crippen LogP contribution in [0.2, 0.25) is 5.02 Å². The fourth-order valence-electron chi connectivity index (χ4n) is 3.53. The van der Waals surface area contributed by atoms with E-state index in [-0.39, 0.29) is 30.5 Å². The first-order valence-electron chi connectivity index (χ1n) is 10.7. The van der Waals surface area contributed by atoms with Crippen LogP contribution in [-0.4, -0.2) is 73.9 Å². The van der Waals surface area contributed by atoms with Crippen molar-refractivity contribution >= 4 is 33.6 Å². The molecule has 3 rings (SSSR count).